The van der Waals surface area contributed by atoms with Crippen LogP contribution >= 0.6 is 136 Å². The van der Waals surface area contributed by atoms with E-state index in [2.05, 4.69) is 148 Å². The number of phenolic OH excluding ortho intramolecular Hbond substituents is 1. The molecule has 2 unspecified atom stereocenters. The fraction of sp³-hybridized carbons (Fsp3) is 0.333. The number of benzene rings is 2. The zero-order chi connectivity index (χ0) is 21.2. The summed E-state index contributed by atoms with van der Waals surface area (Å²) in [7, 11) is 3.40. The average Bonchev–Trinajstić information content (AvgIpc) is 2.67. The first-order valence-corrected chi connectivity index (χ1v) is 14.3. The van der Waals surface area contributed by atoms with Crippen molar-refractivity contribution in [1.82, 2.24) is 0 Å². The summed E-state index contributed by atoms with van der Waals surface area (Å²) >= 11 is 13.5. The van der Waals surface area contributed by atoms with E-state index in [4.69, 9.17) is 14.2 Å². The van der Waals surface area contributed by atoms with E-state index in [-0.39, 0.29) is 12.2 Å². The molecule has 0 radical (unpaired) electrons. The van der Waals surface area contributed by atoms with E-state index in [9.17, 15) is 5.11 Å². The molecule has 2 aromatic carbocycles. The Morgan fingerprint density at radius 1 is 0.857 bits per heavy atom. The Morgan fingerprint density at radius 3 is 1.79 bits per heavy atom. The number of hydrogen-bond donors (Lipinski definition) is 1. The van der Waals surface area contributed by atoms with Crippen LogP contribution in [0.15, 0.2) is 12.1 Å². The number of phenols is 1. The number of aromatic hydroxyl groups is 1. The molecule has 28 heavy (non-hydrogen) atoms. The van der Waals surface area contributed by atoms with Crippen LogP contribution in [0.4, 0.5) is 0 Å². The summed E-state index contributed by atoms with van der Waals surface area (Å²) in [5, 5.41) is 10.3. The molecule has 0 aromatic heterocycles. The van der Waals surface area contributed by atoms with Crippen LogP contribution in [-0.4, -0.2) is 25.9 Å². The van der Waals surface area contributed by atoms with Gasteiger partial charge in [-0.2, -0.15) is 0 Å². The van der Waals surface area contributed by atoms with Gasteiger partial charge in [0, 0.05) is 26.9 Å². The van der Waals surface area contributed by atoms with E-state index in [0.29, 0.717) is 12.4 Å². The van der Waals surface area contributed by atoms with Gasteiger partial charge in [0.1, 0.15) is 24.2 Å². The van der Waals surface area contributed by atoms with Crippen LogP contribution in [0.25, 0.3) is 0 Å². The van der Waals surface area contributed by atoms with Gasteiger partial charge in [-0.25, -0.2) is 0 Å². The molecule has 0 aliphatic carbocycles. The van der Waals surface area contributed by atoms with Gasteiger partial charge < -0.3 is 19.3 Å². The highest BCUT2D eigenvalue weighted by molar-refractivity contribution is 14.1. The van der Waals surface area contributed by atoms with Gasteiger partial charge in [0.05, 0.1) is 20.4 Å². The molecule has 0 fully saturated rings. The minimum Gasteiger partial charge on any atom is -0.506 e. The smallest absolute Gasteiger partial charge is 0.146 e. The van der Waals surface area contributed by atoms with Crippen molar-refractivity contribution in [2.45, 2.75) is 19.1 Å². The molecular weight excluding hydrogens is 1040 g/mol. The Morgan fingerprint density at radius 2 is 1.36 bits per heavy atom. The third-order valence-electron chi connectivity index (χ3n) is 4.10. The van der Waals surface area contributed by atoms with Gasteiger partial charge in [-0.05, 0) is 160 Å². The Bertz CT molecular complexity index is 822. The zero-order valence-corrected chi connectivity index (χ0v) is 27.9. The zero-order valence-electron chi connectivity index (χ0n) is 15.0. The summed E-state index contributed by atoms with van der Waals surface area (Å²) in [5.41, 5.74) is 2.17. The Balaban J connectivity index is 2.34. The summed E-state index contributed by atoms with van der Waals surface area (Å²) in [6.45, 7) is 2.41. The van der Waals surface area contributed by atoms with Gasteiger partial charge in [-0.1, -0.05) is 0 Å². The van der Waals surface area contributed by atoms with Crippen molar-refractivity contribution in [2.24, 2.45) is 0 Å². The van der Waals surface area contributed by atoms with E-state index >= 15 is 0 Å². The lowest BCUT2D eigenvalue weighted by Crippen LogP contribution is -2.17. The maximum Gasteiger partial charge on any atom is 0.146 e. The number of methoxy groups -OCH3 is 2. The van der Waals surface area contributed by atoms with Crippen molar-refractivity contribution >= 4 is 136 Å². The predicted molar refractivity (Wildman–Crippen MR) is 162 cm³/mol. The van der Waals surface area contributed by atoms with E-state index in [0.717, 1.165) is 38.3 Å². The predicted octanol–water partition coefficient (Wildman–Crippen LogP) is 7.49. The molecular formula is C18H16I6O4. The van der Waals surface area contributed by atoms with Gasteiger partial charge in [-0.3, -0.25) is 0 Å². The summed E-state index contributed by atoms with van der Waals surface area (Å²) in [5.74, 6) is 1.17. The Labute approximate surface area is 246 Å². The molecule has 2 aromatic rings. The molecule has 10 heteroatoms. The Kier molecular flexibility index (Phi) is 11.4. The van der Waals surface area contributed by atoms with Crippen molar-refractivity contribution in [3.05, 3.63) is 44.7 Å². The summed E-state index contributed by atoms with van der Waals surface area (Å²) in [4.78, 5) is 0. The molecule has 0 bridgehead atoms. The summed E-state index contributed by atoms with van der Waals surface area (Å²) in [6, 6.07) is 4.18. The first-order valence-electron chi connectivity index (χ1n) is 7.86. The van der Waals surface area contributed by atoms with Gasteiger partial charge >= 0.3 is 0 Å². The lowest BCUT2D eigenvalue weighted by atomic mass is 10.1. The fourth-order valence-corrected chi connectivity index (χ4v) is 8.46. The largest absolute Gasteiger partial charge is 0.506 e. The molecule has 0 saturated heterocycles. The molecule has 0 heterocycles. The van der Waals surface area contributed by atoms with Crippen molar-refractivity contribution < 1.29 is 19.3 Å². The lowest BCUT2D eigenvalue weighted by molar-refractivity contribution is 0.0556. The first-order chi connectivity index (χ1) is 13.1. The number of hydrogen-bond acceptors (Lipinski definition) is 4. The Hall–Kier alpha value is 2.34. The van der Waals surface area contributed by atoms with Gasteiger partial charge in [-0.15, -0.1) is 0 Å². The first kappa shape index (κ1) is 26.6. The molecule has 0 aliphatic heterocycles. The molecule has 2 rings (SSSR count). The van der Waals surface area contributed by atoms with E-state index in [1.807, 2.05) is 6.92 Å². The fourth-order valence-electron chi connectivity index (χ4n) is 2.44. The van der Waals surface area contributed by atoms with E-state index < -0.39 is 0 Å². The molecule has 0 saturated carbocycles. The molecule has 0 spiro atoms. The second kappa shape index (κ2) is 12.0. The maximum atomic E-state index is 10.3. The van der Waals surface area contributed by atoms with E-state index in [1.165, 1.54) is 0 Å². The van der Waals surface area contributed by atoms with E-state index in [1.54, 1.807) is 14.2 Å². The highest BCUT2D eigenvalue weighted by Crippen LogP contribution is 2.41. The van der Waals surface area contributed by atoms with Gasteiger partial charge in [0.25, 0.3) is 0 Å². The quantitative estimate of drug-likeness (QED) is 0.231. The van der Waals surface area contributed by atoms with Crippen molar-refractivity contribution in [2.75, 3.05) is 20.8 Å². The third-order valence-corrected chi connectivity index (χ3v) is 12.1. The minimum atomic E-state index is -0.245. The molecule has 154 valence electrons. The van der Waals surface area contributed by atoms with Crippen LogP contribution in [0.1, 0.15) is 30.3 Å². The van der Waals surface area contributed by atoms with Gasteiger partial charge in [0.2, 0.25) is 0 Å². The number of halogens is 6. The average molecular weight is 1060 g/mol. The summed E-state index contributed by atoms with van der Waals surface area (Å²) < 4.78 is 23.1. The minimum absolute atomic E-state index is 0.0344. The highest BCUT2D eigenvalue weighted by atomic mass is 127. The van der Waals surface area contributed by atoms with Crippen molar-refractivity contribution in [3.8, 4) is 11.5 Å². The molecule has 0 amide bonds. The molecule has 2 atom stereocenters. The van der Waals surface area contributed by atoms with Gasteiger partial charge in [0.15, 0.2) is 0 Å². The topological polar surface area (TPSA) is 47.9 Å². The molecule has 1 N–H and O–H groups in total. The van der Waals surface area contributed by atoms with Crippen LogP contribution in [0.5, 0.6) is 11.5 Å². The second-order valence-electron chi connectivity index (χ2n) is 5.75. The van der Waals surface area contributed by atoms with Crippen LogP contribution in [0.3, 0.4) is 0 Å². The normalized spacial score (nSPS) is 13.5. The van der Waals surface area contributed by atoms with Crippen LogP contribution in [0.2, 0.25) is 0 Å². The second-order valence-corrected chi connectivity index (χ2v) is 12.4. The van der Waals surface area contributed by atoms with Crippen LogP contribution in [0, 0.1) is 21.4 Å². The summed E-state index contributed by atoms with van der Waals surface area (Å²) in [6.07, 6.45) is -0.210. The van der Waals surface area contributed by atoms with Crippen molar-refractivity contribution in [1.29, 1.82) is 0 Å². The monoisotopic (exact) mass is 1060 g/mol. The SMILES string of the molecule is COC(C)c1cc(I)c(OCC(OC)c2c(I)c(I)c(O)c(I)c2I)c(I)c1. The molecule has 0 aliphatic rings. The third kappa shape index (κ3) is 6.02. The highest BCUT2D eigenvalue weighted by Gasteiger charge is 2.26. The van der Waals surface area contributed by atoms with Crippen LogP contribution in [-0.2, 0) is 9.47 Å². The van der Waals surface area contributed by atoms with Crippen molar-refractivity contribution in [3.63, 3.8) is 0 Å². The lowest BCUT2D eigenvalue weighted by Gasteiger charge is -2.23. The number of ether oxygens (including phenoxy) is 3. The molecule has 4 nitrogen and oxygen atoms in total. The maximum absolute atomic E-state index is 10.3. The standard InChI is InChI=1S/C18H16I6O4/c1-7(26-2)8-4-9(19)18(10(20)5-8)28-6-11(27-3)12-13(21)15(23)17(25)16(24)14(12)22/h4-5,7,11,25H,6H2,1-3H3. The number of rotatable bonds is 7. The van der Waals surface area contributed by atoms with Crippen LogP contribution < -0.4 is 4.74 Å².